The lowest BCUT2D eigenvalue weighted by Crippen LogP contribution is -2.37. The summed E-state index contributed by atoms with van der Waals surface area (Å²) in [5, 5.41) is 6.56. The zero-order valence-corrected chi connectivity index (χ0v) is 13.3. The number of amides is 1. The second-order valence-electron chi connectivity index (χ2n) is 5.06. The van der Waals surface area contributed by atoms with Crippen molar-refractivity contribution >= 4 is 30.1 Å². The van der Waals surface area contributed by atoms with E-state index in [0.717, 1.165) is 37.7 Å². The Morgan fingerprint density at radius 3 is 2.72 bits per heavy atom. The highest BCUT2D eigenvalue weighted by atomic mass is 35.5. The van der Waals surface area contributed by atoms with Gasteiger partial charge in [-0.05, 0) is 43.5 Å². The number of hydrogen-bond donors (Lipinski definition) is 2. The fourth-order valence-corrected chi connectivity index (χ4v) is 3.19. The lowest BCUT2D eigenvalue weighted by Gasteiger charge is -2.19. The molecule has 0 aromatic rings. The zero-order valence-electron chi connectivity index (χ0n) is 11.7. The van der Waals surface area contributed by atoms with Crippen LogP contribution in [-0.4, -0.2) is 36.5 Å². The minimum absolute atomic E-state index is 0. The van der Waals surface area contributed by atoms with Gasteiger partial charge in [-0.15, -0.1) is 24.2 Å². The van der Waals surface area contributed by atoms with E-state index >= 15 is 0 Å². The molecule has 2 atom stereocenters. The molecule has 1 rings (SSSR count). The van der Waals surface area contributed by atoms with Crippen LogP contribution in [0.4, 0.5) is 0 Å². The largest absolute Gasteiger partial charge is 0.355 e. The Hall–Kier alpha value is 0.0700. The van der Waals surface area contributed by atoms with E-state index in [1.54, 1.807) is 11.8 Å². The molecule has 0 aliphatic carbocycles. The first kappa shape index (κ1) is 18.1. The number of rotatable bonds is 7. The number of nitrogens with one attached hydrogen (secondary N) is 2. The van der Waals surface area contributed by atoms with Crippen LogP contribution >= 0.6 is 24.2 Å². The van der Waals surface area contributed by atoms with Crippen molar-refractivity contribution in [3.63, 3.8) is 0 Å². The Labute approximate surface area is 122 Å². The maximum Gasteiger partial charge on any atom is 0.233 e. The summed E-state index contributed by atoms with van der Waals surface area (Å²) >= 11 is 1.75. The van der Waals surface area contributed by atoms with E-state index in [-0.39, 0.29) is 23.6 Å². The number of hydrogen-bond acceptors (Lipinski definition) is 3. The van der Waals surface area contributed by atoms with Crippen molar-refractivity contribution in [1.29, 1.82) is 0 Å². The molecule has 0 radical (unpaired) electrons. The molecule has 1 saturated heterocycles. The molecule has 1 aliphatic heterocycles. The summed E-state index contributed by atoms with van der Waals surface area (Å²) in [7, 11) is 0. The van der Waals surface area contributed by atoms with Crippen LogP contribution in [0.2, 0.25) is 0 Å². The molecule has 1 amide bonds. The fourth-order valence-electron chi connectivity index (χ4n) is 2.21. The van der Waals surface area contributed by atoms with Gasteiger partial charge in [0.2, 0.25) is 5.91 Å². The average Bonchev–Trinajstić information content (AvgIpc) is 2.78. The predicted octanol–water partition coefficient (Wildman–Crippen LogP) is 2.30. The van der Waals surface area contributed by atoms with Crippen LogP contribution in [0, 0.1) is 11.8 Å². The van der Waals surface area contributed by atoms with E-state index in [1.807, 2.05) is 0 Å². The van der Waals surface area contributed by atoms with Crippen molar-refractivity contribution in [2.24, 2.45) is 11.8 Å². The molecular formula is C13H27ClN2OS. The molecule has 18 heavy (non-hydrogen) atoms. The average molecular weight is 295 g/mol. The summed E-state index contributed by atoms with van der Waals surface area (Å²) in [5.74, 6) is 2.39. The summed E-state index contributed by atoms with van der Waals surface area (Å²) < 4.78 is 0. The van der Waals surface area contributed by atoms with Crippen molar-refractivity contribution in [3.8, 4) is 0 Å². The normalized spacial score (nSPS) is 20.6. The molecule has 0 bridgehead atoms. The molecule has 2 unspecified atom stereocenters. The first-order valence-electron chi connectivity index (χ1n) is 6.75. The van der Waals surface area contributed by atoms with E-state index in [0.29, 0.717) is 5.92 Å². The topological polar surface area (TPSA) is 41.1 Å². The molecule has 0 aromatic carbocycles. The lowest BCUT2D eigenvalue weighted by atomic mass is 10.0. The van der Waals surface area contributed by atoms with E-state index in [2.05, 4.69) is 31.4 Å². The summed E-state index contributed by atoms with van der Waals surface area (Å²) in [6, 6.07) is 0. The van der Waals surface area contributed by atoms with Crippen molar-refractivity contribution in [3.05, 3.63) is 0 Å². The zero-order chi connectivity index (χ0) is 12.7. The van der Waals surface area contributed by atoms with E-state index in [4.69, 9.17) is 0 Å². The molecule has 3 nitrogen and oxygen atoms in total. The third-order valence-corrected chi connectivity index (χ3v) is 4.68. The van der Waals surface area contributed by atoms with Crippen LogP contribution in [0.25, 0.3) is 0 Å². The maximum atomic E-state index is 12.0. The standard InChI is InChI=1S/C13H26N2OS.ClH/c1-4-17-12(10(2)3)13(16)15-8-6-11-5-7-14-9-11;/h10-12,14H,4-9H2,1-3H3,(H,15,16);1H. The summed E-state index contributed by atoms with van der Waals surface area (Å²) in [5.41, 5.74) is 0. The quantitative estimate of drug-likeness (QED) is 0.757. The van der Waals surface area contributed by atoms with E-state index in [1.165, 1.54) is 6.42 Å². The monoisotopic (exact) mass is 294 g/mol. The molecule has 0 spiro atoms. The Kier molecular flexibility index (Phi) is 9.97. The van der Waals surface area contributed by atoms with Gasteiger partial charge in [-0.25, -0.2) is 0 Å². The molecular weight excluding hydrogens is 268 g/mol. The van der Waals surface area contributed by atoms with Gasteiger partial charge in [0.25, 0.3) is 0 Å². The van der Waals surface area contributed by atoms with E-state index < -0.39 is 0 Å². The number of carbonyl (C=O) groups is 1. The van der Waals surface area contributed by atoms with Crippen molar-refractivity contribution in [1.82, 2.24) is 10.6 Å². The lowest BCUT2D eigenvalue weighted by molar-refractivity contribution is -0.121. The van der Waals surface area contributed by atoms with Gasteiger partial charge in [0.15, 0.2) is 0 Å². The van der Waals surface area contributed by atoms with Crippen LogP contribution in [0.3, 0.4) is 0 Å². The van der Waals surface area contributed by atoms with Gasteiger partial charge in [0.05, 0.1) is 5.25 Å². The molecule has 1 fully saturated rings. The summed E-state index contributed by atoms with van der Waals surface area (Å²) in [4.78, 5) is 12.0. The van der Waals surface area contributed by atoms with Crippen LogP contribution in [0.1, 0.15) is 33.6 Å². The Morgan fingerprint density at radius 2 is 2.22 bits per heavy atom. The first-order chi connectivity index (χ1) is 8.15. The van der Waals surface area contributed by atoms with Gasteiger partial charge in [-0.2, -0.15) is 0 Å². The molecule has 0 saturated carbocycles. The Balaban J connectivity index is 0.00000289. The van der Waals surface area contributed by atoms with E-state index in [9.17, 15) is 4.79 Å². The highest BCUT2D eigenvalue weighted by Crippen LogP contribution is 2.19. The van der Waals surface area contributed by atoms with Gasteiger partial charge in [0.1, 0.15) is 0 Å². The van der Waals surface area contributed by atoms with Crippen molar-refractivity contribution in [2.75, 3.05) is 25.4 Å². The molecule has 5 heteroatoms. The third-order valence-electron chi connectivity index (χ3n) is 3.22. The third kappa shape index (κ3) is 6.30. The van der Waals surface area contributed by atoms with Gasteiger partial charge in [-0.3, -0.25) is 4.79 Å². The van der Waals surface area contributed by atoms with Crippen LogP contribution < -0.4 is 10.6 Å². The Bertz CT molecular complexity index is 233. The van der Waals surface area contributed by atoms with Crippen molar-refractivity contribution < 1.29 is 4.79 Å². The summed E-state index contributed by atoms with van der Waals surface area (Å²) in [6.07, 6.45) is 2.37. The van der Waals surface area contributed by atoms with Gasteiger partial charge < -0.3 is 10.6 Å². The van der Waals surface area contributed by atoms with Crippen LogP contribution in [-0.2, 0) is 4.79 Å². The second-order valence-corrected chi connectivity index (χ2v) is 6.48. The fraction of sp³-hybridized carbons (Fsp3) is 0.923. The summed E-state index contributed by atoms with van der Waals surface area (Å²) in [6.45, 7) is 9.43. The highest BCUT2D eigenvalue weighted by molar-refractivity contribution is 8.00. The van der Waals surface area contributed by atoms with Crippen LogP contribution in [0.5, 0.6) is 0 Å². The van der Waals surface area contributed by atoms with Crippen LogP contribution in [0.15, 0.2) is 0 Å². The smallest absolute Gasteiger partial charge is 0.233 e. The molecule has 1 aliphatic rings. The number of thioether (sulfide) groups is 1. The minimum atomic E-state index is 0. The number of halogens is 1. The maximum absolute atomic E-state index is 12.0. The van der Waals surface area contributed by atoms with Crippen molar-refractivity contribution in [2.45, 2.75) is 38.9 Å². The van der Waals surface area contributed by atoms with Gasteiger partial charge in [0, 0.05) is 6.54 Å². The SMILES string of the molecule is CCSC(C(=O)NCCC1CCNC1)C(C)C.Cl. The van der Waals surface area contributed by atoms with Gasteiger partial charge >= 0.3 is 0 Å². The first-order valence-corrected chi connectivity index (χ1v) is 7.80. The Morgan fingerprint density at radius 1 is 1.50 bits per heavy atom. The number of carbonyl (C=O) groups excluding carboxylic acids is 1. The predicted molar refractivity (Wildman–Crippen MR) is 82.6 cm³/mol. The highest BCUT2D eigenvalue weighted by Gasteiger charge is 2.22. The molecule has 0 aromatic heterocycles. The second kappa shape index (κ2) is 9.93. The molecule has 108 valence electrons. The van der Waals surface area contributed by atoms with Gasteiger partial charge in [-0.1, -0.05) is 20.8 Å². The molecule has 2 N–H and O–H groups in total. The molecule has 1 heterocycles. The minimum Gasteiger partial charge on any atom is -0.355 e.